The molecule has 0 radical (unpaired) electrons. The number of hydrogen-bond donors (Lipinski definition) is 6. The number of aliphatic hydroxyl groups excluding tert-OH is 2. The number of phenolic OH excluding ortho intramolecular Hbond substituents is 1. The van der Waals surface area contributed by atoms with E-state index in [0.29, 0.717) is 0 Å². The number of phenols is 1. The van der Waals surface area contributed by atoms with E-state index in [-0.39, 0.29) is 34.4 Å². The first kappa shape index (κ1) is 20.3. The first-order chi connectivity index (χ1) is 15.0. The molecule has 1 aromatic rings. The van der Waals surface area contributed by atoms with Crippen LogP contribution in [0.15, 0.2) is 46.4 Å². The molecular weight excluding hydrogens is 422 g/mol. The van der Waals surface area contributed by atoms with Gasteiger partial charge in [-0.25, -0.2) is 9.59 Å². The number of aliphatic hydroxyl groups is 4. The number of amides is 1. The van der Waals surface area contributed by atoms with Crippen LogP contribution in [0.1, 0.15) is 24.5 Å². The molecule has 1 fully saturated rings. The number of carbonyl (C=O) groups is 1. The molecule has 1 heterocycles. The van der Waals surface area contributed by atoms with Crippen LogP contribution in [0.25, 0.3) is 5.57 Å². The monoisotopic (exact) mass is 439 g/mol. The molecule has 32 heavy (non-hydrogen) atoms. The van der Waals surface area contributed by atoms with Crippen LogP contribution in [0, 0.1) is 11.8 Å². The Bertz CT molecular complexity index is 1310. The number of fused-ring (bicyclic) bond motifs is 2. The van der Waals surface area contributed by atoms with Crippen molar-refractivity contribution in [3.05, 3.63) is 57.6 Å². The zero-order chi connectivity index (χ0) is 23.4. The summed E-state index contributed by atoms with van der Waals surface area (Å²) in [5, 5.41) is 55.6. The number of primary amides is 1. The average Bonchev–Trinajstić information content (AvgIpc) is 2.73. The van der Waals surface area contributed by atoms with E-state index in [1.54, 1.807) is 5.94 Å². The van der Waals surface area contributed by atoms with Gasteiger partial charge in [0.1, 0.15) is 29.0 Å². The standard InChI is InChI=1S/C22H17NO9/c1-20-9-3-2-4-12(26)14(9)8(6-24)15-10(20)5-13-21(30,17(15)27)11(7-25)16(19(23)29)18(28)22(13,31)32-20/h2-4,10,13,26-28,30-31H,5H2,1H3,(H2,23,29)/t10-,13+,20-,21+,22+/m0/s1. The quantitative estimate of drug-likeness (QED) is 0.322. The number of aromatic hydroxyl groups is 1. The summed E-state index contributed by atoms with van der Waals surface area (Å²) >= 11 is 0. The van der Waals surface area contributed by atoms with Crippen LogP contribution in [-0.4, -0.2) is 54.7 Å². The topological polar surface area (TPSA) is 188 Å². The zero-order valence-corrected chi connectivity index (χ0v) is 16.5. The second-order valence-electron chi connectivity index (χ2n) is 8.52. The Morgan fingerprint density at radius 1 is 1.16 bits per heavy atom. The Labute approximate surface area is 179 Å². The summed E-state index contributed by atoms with van der Waals surface area (Å²) < 4.78 is 5.98. The van der Waals surface area contributed by atoms with Gasteiger partial charge in [0.25, 0.3) is 5.91 Å². The van der Waals surface area contributed by atoms with E-state index in [1.807, 2.05) is 0 Å². The van der Waals surface area contributed by atoms with Crippen molar-refractivity contribution in [1.29, 1.82) is 0 Å². The third kappa shape index (κ3) is 1.90. The Kier molecular flexibility index (Phi) is 3.66. The fourth-order valence-electron chi connectivity index (χ4n) is 5.82. The molecule has 10 heteroatoms. The van der Waals surface area contributed by atoms with Crippen LogP contribution in [0.5, 0.6) is 5.75 Å². The van der Waals surface area contributed by atoms with Gasteiger partial charge in [-0.2, -0.15) is 0 Å². The third-order valence-electron chi connectivity index (χ3n) is 7.20. The summed E-state index contributed by atoms with van der Waals surface area (Å²) in [5.41, 5.74) is -1.13. The first-order valence-corrected chi connectivity index (χ1v) is 9.64. The highest BCUT2D eigenvalue weighted by Crippen LogP contribution is 2.67. The smallest absolute Gasteiger partial charge is 0.253 e. The molecule has 2 bridgehead atoms. The van der Waals surface area contributed by atoms with E-state index in [2.05, 4.69) is 0 Å². The predicted molar refractivity (Wildman–Crippen MR) is 105 cm³/mol. The van der Waals surface area contributed by atoms with E-state index in [1.165, 1.54) is 31.1 Å². The van der Waals surface area contributed by atoms with Gasteiger partial charge in [0, 0.05) is 17.1 Å². The van der Waals surface area contributed by atoms with Crippen molar-refractivity contribution < 1.29 is 44.7 Å². The SMILES string of the molecule is C[C@]12O[C@@]3(O)C(O)=C(C(N)=O)C(=C=O)[C@]4(O)C(O)=C(C(=C=O)c5c(O)cccc51)[C@@H]2C[C@H]43. The largest absolute Gasteiger partial charge is 0.508 e. The van der Waals surface area contributed by atoms with E-state index < -0.39 is 57.4 Å². The molecule has 10 nitrogen and oxygen atoms in total. The van der Waals surface area contributed by atoms with Crippen molar-refractivity contribution in [2.45, 2.75) is 30.3 Å². The molecule has 1 amide bonds. The van der Waals surface area contributed by atoms with Crippen LogP contribution in [0.3, 0.4) is 0 Å². The molecule has 7 N–H and O–H groups in total. The molecule has 3 aliphatic carbocycles. The minimum atomic E-state index is -2.77. The summed E-state index contributed by atoms with van der Waals surface area (Å²) in [6, 6.07) is 4.29. The molecular formula is C22H17NO9. The Morgan fingerprint density at radius 2 is 1.84 bits per heavy atom. The molecule has 0 aromatic heterocycles. The molecule has 164 valence electrons. The van der Waals surface area contributed by atoms with Gasteiger partial charge in [0.05, 0.1) is 22.6 Å². The van der Waals surface area contributed by atoms with Crippen LogP contribution >= 0.6 is 0 Å². The number of ether oxygens (including phenoxy) is 1. The highest BCUT2D eigenvalue weighted by molar-refractivity contribution is 6.04. The summed E-state index contributed by atoms with van der Waals surface area (Å²) in [7, 11) is 0. The Balaban J connectivity index is 2.00. The molecule has 1 saturated heterocycles. The zero-order valence-electron chi connectivity index (χ0n) is 16.5. The second kappa shape index (κ2) is 5.77. The van der Waals surface area contributed by atoms with Gasteiger partial charge in [0.15, 0.2) is 11.4 Å². The molecule has 1 aliphatic heterocycles. The summed E-state index contributed by atoms with van der Waals surface area (Å²) in [6.07, 6.45) is -0.190. The lowest BCUT2D eigenvalue weighted by Gasteiger charge is -2.62. The lowest BCUT2D eigenvalue weighted by molar-refractivity contribution is -0.348. The number of allylic oxidation sites excluding steroid dienone is 1. The summed E-state index contributed by atoms with van der Waals surface area (Å²) in [4.78, 5) is 35.9. The second-order valence-corrected chi connectivity index (χ2v) is 8.52. The average molecular weight is 439 g/mol. The molecule has 0 spiro atoms. The molecule has 4 aliphatic rings. The predicted octanol–water partition coefficient (Wildman–Crippen LogP) is -0.197. The van der Waals surface area contributed by atoms with E-state index in [0.717, 1.165) is 0 Å². The maximum Gasteiger partial charge on any atom is 0.253 e. The lowest BCUT2D eigenvalue weighted by Crippen LogP contribution is -2.70. The van der Waals surface area contributed by atoms with Crippen molar-refractivity contribution in [3.63, 3.8) is 0 Å². The lowest BCUT2D eigenvalue weighted by atomic mass is 9.52. The molecule has 0 unspecified atom stereocenters. The van der Waals surface area contributed by atoms with Gasteiger partial charge >= 0.3 is 0 Å². The number of benzene rings is 1. The van der Waals surface area contributed by atoms with Crippen LogP contribution in [-0.2, 0) is 24.7 Å². The number of carbonyl (C=O) groups excluding carboxylic acids is 3. The van der Waals surface area contributed by atoms with Crippen molar-refractivity contribution in [2.24, 2.45) is 17.6 Å². The van der Waals surface area contributed by atoms with Crippen molar-refractivity contribution in [1.82, 2.24) is 0 Å². The molecule has 1 aromatic carbocycles. The Morgan fingerprint density at radius 3 is 2.44 bits per heavy atom. The van der Waals surface area contributed by atoms with Crippen LogP contribution in [0.2, 0.25) is 0 Å². The van der Waals surface area contributed by atoms with Gasteiger partial charge in [-0.3, -0.25) is 4.79 Å². The van der Waals surface area contributed by atoms with Crippen LogP contribution < -0.4 is 5.73 Å². The molecule has 5 atom stereocenters. The van der Waals surface area contributed by atoms with Crippen molar-refractivity contribution in [2.75, 3.05) is 0 Å². The highest BCUT2D eigenvalue weighted by Gasteiger charge is 2.73. The van der Waals surface area contributed by atoms with Gasteiger partial charge in [-0.15, -0.1) is 0 Å². The molecule has 5 rings (SSSR count). The fourth-order valence-corrected chi connectivity index (χ4v) is 5.82. The number of hydrogen-bond acceptors (Lipinski definition) is 9. The minimum Gasteiger partial charge on any atom is -0.508 e. The van der Waals surface area contributed by atoms with E-state index in [4.69, 9.17) is 10.5 Å². The fraction of sp³-hybridized carbons (Fsp3) is 0.318. The molecule has 0 saturated carbocycles. The van der Waals surface area contributed by atoms with Crippen LogP contribution in [0.4, 0.5) is 0 Å². The van der Waals surface area contributed by atoms with E-state index in [9.17, 15) is 39.9 Å². The van der Waals surface area contributed by atoms with Gasteiger partial charge in [-0.05, 0) is 25.0 Å². The van der Waals surface area contributed by atoms with Gasteiger partial charge in [-0.1, -0.05) is 12.1 Å². The van der Waals surface area contributed by atoms with E-state index >= 15 is 0 Å². The van der Waals surface area contributed by atoms with Crippen molar-refractivity contribution in [3.8, 4) is 5.75 Å². The van der Waals surface area contributed by atoms with Gasteiger partial charge in [0.2, 0.25) is 5.79 Å². The Hall–Kier alpha value is -3.65. The first-order valence-electron chi connectivity index (χ1n) is 9.64. The summed E-state index contributed by atoms with van der Waals surface area (Å²) in [5.74, 6) is -5.91. The third-order valence-corrected chi connectivity index (χ3v) is 7.20. The maximum absolute atomic E-state index is 12.1. The highest BCUT2D eigenvalue weighted by atomic mass is 16.7. The number of nitrogens with two attached hydrogens (primary N) is 1. The van der Waals surface area contributed by atoms with Gasteiger partial charge < -0.3 is 36.0 Å². The minimum absolute atomic E-state index is 0.0522. The maximum atomic E-state index is 12.1. The van der Waals surface area contributed by atoms with Crippen molar-refractivity contribution >= 4 is 23.4 Å². The normalized spacial score (nSPS) is 37.0. The summed E-state index contributed by atoms with van der Waals surface area (Å²) in [6.45, 7) is 1.51. The number of rotatable bonds is 1.